The number of ether oxygens (including phenoxy) is 2. The van der Waals surface area contributed by atoms with Gasteiger partial charge >= 0.3 is 5.97 Å². The SMILES string of the molecule is COc1c(F)c(F)cc(-c2ccc(C(=O)N3CCC[C@H]3C(=O)OC(C)(C)C)s2)c1F. The lowest BCUT2D eigenvalue weighted by molar-refractivity contribution is -0.159. The summed E-state index contributed by atoms with van der Waals surface area (Å²) in [5.74, 6) is -5.41. The zero-order valence-electron chi connectivity index (χ0n) is 17.1. The molecule has 1 fully saturated rings. The summed E-state index contributed by atoms with van der Waals surface area (Å²) in [4.78, 5) is 27.4. The van der Waals surface area contributed by atoms with Crippen LogP contribution in [0, 0.1) is 17.5 Å². The molecular formula is C21H22F3NO4S. The Balaban J connectivity index is 1.87. The molecule has 162 valence electrons. The Bertz CT molecular complexity index is 983. The number of likely N-dealkylation sites (tertiary alicyclic amines) is 1. The van der Waals surface area contributed by atoms with Crippen LogP contribution < -0.4 is 4.74 Å². The predicted molar refractivity (Wildman–Crippen MR) is 106 cm³/mol. The first-order valence-electron chi connectivity index (χ1n) is 9.39. The molecule has 2 aromatic rings. The lowest BCUT2D eigenvalue weighted by Crippen LogP contribution is -2.43. The summed E-state index contributed by atoms with van der Waals surface area (Å²) in [5, 5.41) is 0. The van der Waals surface area contributed by atoms with E-state index in [1.165, 1.54) is 17.0 Å². The minimum Gasteiger partial charge on any atom is -0.491 e. The second kappa shape index (κ2) is 8.29. The van der Waals surface area contributed by atoms with Gasteiger partial charge in [0, 0.05) is 17.0 Å². The minimum atomic E-state index is -1.41. The van der Waals surface area contributed by atoms with Gasteiger partial charge in [-0.1, -0.05) is 0 Å². The molecule has 1 saturated heterocycles. The molecule has 0 bridgehead atoms. The molecule has 1 aromatic heterocycles. The Morgan fingerprint density at radius 3 is 2.50 bits per heavy atom. The van der Waals surface area contributed by atoms with Crippen LogP contribution in [-0.4, -0.2) is 42.1 Å². The van der Waals surface area contributed by atoms with Crippen LogP contribution in [0.4, 0.5) is 13.2 Å². The summed E-state index contributed by atoms with van der Waals surface area (Å²) >= 11 is 0.928. The first-order chi connectivity index (χ1) is 14.0. The highest BCUT2D eigenvalue weighted by Crippen LogP contribution is 2.37. The van der Waals surface area contributed by atoms with Gasteiger partial charge in [0.2, 0.25) is 5.82 Å². The van der Waals surface area contributed by atoms with E-state index in [0.717, 1.165) is 24.5 Å². The summed E-state index contributed by atoms with van der Waals surface area (Å²) in [6.07, 6.45) is 1.15. The number of carbonyl (C=O) groups excluding carboxylic acids is 2. The number of hydrogen-bond acceptors (Lipinski definition) is 5. The van der Waals surface area contributed by atoms with Gasteiger partial charge in [0.1, 0.15) is 11.6 Å². The maximum absolute atomic E-state index is 14.6. The smallest absolute Gasteiger partial charge is 0.329 e. The molecule has 0 saturated carbocycles. The summed E-state index contributed by atoms with van der Waals surface area (Å²) in [6.45, 7) is 5.65. The topological polar surface area (TPSA) is 55.8 Å². The van der Waals surface area contributed by atoms with Gasteiger partial charge in [-0.15, -0.1) is 11.3 Å². The molecule has 9 heteroatoms. The van der Waals surface area contributed by atoms with E-state index >= 15 is 0 Å². The lowest BCUT2D eigenvalue weighted by atomic mass is 10.1. The number of rotatable bonds is 4. The van der Waals surface area contributed by atoms with E-state index in [4.69, 9.17) is 4.74 Å². The van der Waals surface area contributed by atoms with Crippen LogP contribution >= 0.6 is 11.3 Å². The van der Waals surface area contributed by atoms with Crippen molar-refractivity contribution in [1.82, 2.24) is 4.90 Å². The van der Waals surface area contributed by atoms with E-state index in [1.54, 1.807) is 20.8 Å². The number of halogens is 3. The van der Waals surface area contributed by atoms with E-state index in [1.807, 2.05) is 0 Å². The fourth-order valence-corrected chi connectivity index (χ4v) is 4.27. The van der Waals surface area contributed by atoms with Gasteiger partial charge in [-0.05, 0) is 51.8 Å². The van der Waals surface area contributed by atoms with Crippen LogP contribution in [0.1, 0.15) is 43.3 Å². The Morgan fingerprint density at radius 1 is 1.17 bits per heavy atom. The molecule has 0 unspecified atom stereocenters. The Hall–Kier alpha value is -2.55. The molecule has 5 nitrogen and oxygen atoms in total. The average Bonchev–Trinajstić information content (AvgIpc) is 3.33. The fourth-order valence-electron chi connectivity index (χ4n) is 3.30. The van der Waals surface area contributed by atoms with Crippen molar-refractivity contribution in [3.63, 3.8) is 0 Å². The first-order valence-corrected chi connectivity index (χ1v) is 10.2. The number of hydrogen-bond donors (Lipinski definition) is 0. The highest BCUT2D eigenvalue weighted by atomic mass is 32.1. The van der Waals surface area contributed by atoms with Gasteiger partial charge in [-0.2, -0.15) is 4.39 Å². The molecule has 0 N–H and O–H groups in total. The number of benzene rings is 1. The molecule has 1 aromatic carbocycles. The summed E-state index contributed by atoms with van der Waals surface area (Å²) in [5.41, 5.74) is -0.881. The Labute approximate surface area is 176 Å². The van der Waals surface area contributed by atoms with Gasteiger partial charge in [-0.25, -0.2) is 13.6 Å². The second-order valence-corrected chi connectivity index (χ2v) is 9.00. The van der Waals surface area contributed by atoms with Crippen LogP contribution in [0.3, 0.4) is 0 Å². The standard InChI is InChI=1S/C21H22F3NO4S/c1-21(2,3)29-20(27)13-6-5-9-25(13)19(26)15-8-7-14(30-15)11-10-12(22)17(24)18(28-4)16(11)23/h7-8,10,13H,5-6,9H2,1-4H3/t13-/m0/s1. The lowest BCUT2D eigenvalue weighted by Gasteiger charge is -2.27. The van der Waals surface area contributed by atoms with Gasteiger partial charge in [0.05, 0.1) is 12.0 Å². The van der Waals surface area contributed by atoms with Gasteiger partial charge < -0.3 is 14.4 Å². The van der Waals surface area contributed by atoms with Crippen molar-refractivity contribution in [1.29, 1.82) is 0 Å². The monoisotopic (exact) mass is 441 g/mol. The number of methoxy groups -OCH3 is 1. The maximum atomic E-state index is 14.6. The normalized spacial score (nSPS) is 16.6. The number of amides is 1. The van der Waals surface area contributed by atoms with Gasteiger partial charge in [-0.3, -0.25) is 4.79 Å². The van der Waals surface area contributed by atoms with Crippen LogP contribution in [0.5, 0.6) is 5.75 Å². The second-order valence-electron chi connectivity index (χ2n) is 7.92. The summed E-state index contributed by atoms with van der Waals surface area (Å²) in [7, 11) is 1.04. The van der Waals surface area contributed by atoms with E-state index < -0.39 is 46.7 Å². The third-order valence-electron chi connectivity index (χ3n) is 4.59. The molecule has 1 aliphatic heterocycles. The molecule has 2 heterocycles. The molecule has 1 amide bonds. The summed E-state index contributed by atoms with van der Waals surface area (Å²) in [6, 6.07) is 2.96. The van der Waals surface area contributed by atoms with Crippen LogP contribution in [-0.2, 0) is 9.53 Å². The minimum absolute atomic E-state index is 0.208. The number of nitrogens with zero attached hydrogens (tertiary/aromatic N) is 1. The predicted octanol–water partition coefficient (Wildman–Crippen LogP) is 4.79. The highest BCUT2D eigenvalue weighted by molar-refractivity contribution is 7.17. The van der Waals surface area contributed by atoms with Crippen molar-refractivity contribution in [3.8, 4) is 16.2 Å². The third-order valence-corrected chi connectivity index (χ3v) is 5.70. The van der Waals surface area contributed by atoms with E-state index in [0.29, 0.717) is 19.4 Å². The van der Waals surface area contributed by atoms with Crippen molar-refractivity contribution in [2.24, 2.45) is 0 Å². The zero-order valence-corrected chi connectivity index (χ0v) is 17.9. The largest absolute Gasteiger partial charge is 0.491 e. The quantitative estimate of drug-likeness (QED) is 0.506. The number of esters is 1. The van der Waals surface area contributed by atoms with Crippen LogP contribution in [0.25, 0.3) is 10.4 Å². The third kappa shape index (κ3) is 4.30. The molecule has 1 aliphatic rings. The van der Waals surface area contributed by atoms with E-state index in [9.17, 15) is 22.8 Å². The first kappa shape index (κ1) is 22.1. The molecule has 0 aliphatic carbocycles. The number of thiophene rings is 1. The van der Waals surface area contributed by atoms with E-state index in [2.05, 4.69) is 4.74 Å². The van der Waals surface area contributed by atoms with Crippen LogP contribution in [0.2, 0.25) is 0 Å². The van der Waals surface area contributed by atoms with Crippen molar-refractivity contribution in [2.45, 2.75) is 45.3 Å². The van der Waals surface area contributed by atoms with Crippen molar-refractivity contribution in [2.75, 3.05) is 13.7 Å². The Kier molecular flexibility index (Phi) is 6.12. The molecule has 1 atom stereocenters. The molecular weight excluding hydrogens is 419 g/mol. The zero-order chi connectivity index (χ0) is 22.2. The van der Waals surface area contributed by atoms with Crippen molar-refractivity contribution in [3.05, 3.63) is 40.5 Å². The molecule has 3 rings (SSSR count). The fraction of sp³-hybridized carbons (Fsp3) is 0.429. The summed E-state index contributed by atoms with van der Waals surface area (Å²) < 4.78 is 52.1. The molecule has 30 heavy (non-hydrogen) atoms. The van der Waals surface area contributed by atoms with Crippen LogP contribution in [0.15, 0.2) is 18.2 Å². The van der Waals surface area contributed by atoms with Crippen molar-refractivity contribution < 1.29 is 32.2 Å². The maximum Gasteiger partial charge on any atom is 0.329 e. The molecule has 0 spiro atoms. The van der Waals surface area contributed by atoms with Crippen molar-refractivity contribution >= 4 is 23.2 Å². The Morgan fingerprint density at radius 2 is 1.87 bits per heavy atom. The van der Waals surface area contributed by atoms with Gasteiger partial charge in [0.15, 0.2) is 17.4 Å². The average molecular weight is 441 g/mol. The molecule has 0 radical (unpaired) electrons. The highest BCUT2D eigenvalue weighted by Gasteiger charge is 2.37. The van der Waals surface area contributed by atoms with E-state index in [-0.39, 0.29) is 15.3 Å². The van der Waals surface area contributed by atoms with Gasteiger partial charge in [0.25, 0.3) is 5.91 Å². The number of carbonyl (C=O) groups is 2.